The highest BCUT2D eigenvalue weighted by atomic mass is 16.6. The number of ether oxygens (including phenoxy) is 1. The smallest absolute Gasteiger partial charge is 0.328 e. The summed E-state index contributed by atoms with van der Waals surface area (Å²) >= 11 is 0. The quantitative estimate of drug-likeness (QED) is 0.232. The van der Waals surface area contributed by atoms with E-state index in [0.717, 1.165) is 0 Å². The van der Waals surface area contributed by atoms with E-state index in [2.05, 4.69) is 5.32 Å². The van der Waals surface area contributed by atoms with Gasteiger partial charge in [0.1, 0.15) is 29.6 Å². The molecule has 29 heavy (non-hydrogen) atoms. The molecule has 0 aromatic heterocycles. The summed E-state index contributed by atoms with van der Waals surface area (Å²) in [5.74, 6) is -2.45. The number of nitrogens with zero attached hydrogens (tertiary/aromatic N) is 1. The van der Waals surface area contributed by atoms with Crippen molar-refractivity contribution >= 4 is 11.9 Å². The molecule has 7 atom stereocenters. The molecule has 2 bridgehead atoms. The zero-order valence-electron chi connectivity index (χ0n) is 15.1. The number of aliphatic hydroxyl groups excluding tert-OH is 2. The molecule has 2 aliphatic rings. The summed E-state index contributed by atoms with van der Waals surface area (Å²) in [6, 6.07) is 1.16. The van der Waals surface area contributed by atoms with Crippen LogP contribution in [0.5, 0.6) is 5.75 Å². The molecule has 0 radical (unpaired) electrons. The fraction of sp³-hybridized carbons (Fsp3) is 0.529. The molecule has 12 heteroatoms. The molecular weight excluding hydrogens is 390 g/mol. The Morgan fingerprint density at radius 2 is 1.90 bits per heavy atom. The number of phenols is 1. The van der Waals surface area contributed by atoms with E-state index in [9.17, 15) is 40.3 Å². The lowest BCUT2D eigenvalue weighted by Gasteiger charge is -2.46. The second-order valence-electron chi connectivity index (χ2n) is 7.25. The number of rotatable bonds is 6. The van der Waals surface area contributed by atoms with Gasteiger partial charge in [-0.1, -0.05) is 12.1 Å². The van der Waals surface area contributed by atoms with Gasteiger partial charge in [0.05, 0.1) is 18.7 Å². The van der Waals surface area contributed by atoms with Crippen LogP contribution in [0.25, 0.3) is 0 Å². The normalized spacial score (nSPS) is 33.8. The molecule has 0 saturated carbocycles. The van der Waals surface area contributed by atoms with Gasteiger partial charge in [-0.15, -0.1) is 0 Å². The Bertz CT molecular complexity index is 776. The number of piperidine rings is 1. The summed E-state index contributed by atoms with van der Waals surface area (Å²) in [6.07, 6.45) is -5.07. The van der Waals surface area contributed by atoms with Gasteiger partial charge in [0.2, 0.25) is 5.91 Å². The standard InChI is InChI=1S/C17H23N3O9/c18-9(5-7-1-3-8(21)4-2-7)14(24)19-10(16(25)26)11-12(22)17(27)6-29-15(13(17)23)20(11)28/h1-4,9-13,15,21-23,27-28H,5-6,18H2,(H,19,24)(H,25,26)/t9-,10?,11-,12-,13-,15-,17+/m0/s1. The van der Waals surface area contributed by atoms with Crippen LogP contribution in [0.3, 0.4) is 0 Å². The van der Waals surface area contributed by atoms with Crippen molar-refractivity contribution in [2.24, 2.45) is 5.73 Å². The number of carbonyl (C=O) groups excluding carboxylic acids is 1. The second kappa shape index (κ2) is 7.84. The third-order valence-corrected chi connectivity index (χ3v) is 5.30. The zero-order valence-corrected chi connectivity index (χ0v) is 15.1. The number of hydrogen-bond acceptors (Lipinski definition) is 10. The molecule has 12 nitrogen and oxygen atoms in total. The van der Waals surface area contributed by atoms with Gasteiger partial charge in [-0.2, -0.15) is 5.06 Å². The van der Waals surface area contributed by atoms with Gasteiger partial charge in [0, 0.05) is 0 Å². The van der Waals surface area contributed by atoms with Gasteiger partial charge in [-0.25, -0.2) is 4.79 Å². The number of hydrogen-bond donors (Lipinski definition) is 8. The van der Waals surface area contributed by atoms with E-state index in [1.54, 1.807) is 12.1 Å². The maximum Gasteiger partial charge on any atom is 0.328 e. The molecule has 9 N–H and O–H groups in total. The number of amides is 1. The predicted octanol–water partition coefficient (Wildman–Crippen LogP) is -3.29. The number of carboxylic acid groups (broad SMARTS) is 1. The summed E-state index contributed by atoms with van der Waals surface area (Å²) < 4.78 is 5.04. The number of benzene rings is 1. The Morgan fingerprint density at radius 1 is 1.28 bits per heavy atom. The van der Waals surface area contributed by atoms with Crippen molar-refractivity contribution < 1.29 is 45.1 Å². The van der Waals surface area contributed by atoms with E-state index >= 15 is 0 Å². The van der Waals surface area contributed by atoms with Crippen molar-refractivity contribution in [3.8, 4) is 5.75 Å². The van der Waals surface area contributed by atoms with E-state index in [1.807, 2.05) is 0 Å². The van der Waals surface area contributed by atoms with Crippen LogP contribution in [-0.2, 0) is 20.7 Å². The number of nitrogens with two attached hydrogens (primary N) is 1. The molecule has 1 aromatic rings. The van der Waals surface area contributed by atoms with Crippen LogP contribution in [0.15, 0.2) is 24.3 Å². The van der Waals surface area contributed by atoms with Crippen molar-refractivity contribution in [3.63, 3.8) is 0 Å². The average molecular weight is 413 g/mol. The Morgan fingerprint density at radius 3 is 2.48 bits per heavy atom. The van der Waals surface area contributed by atoms with Crippen LogP contribution < -0.4 is 11.1 Å². The topological polar surface area (TPSA) is 206 Å². The minimum absolute atomic E-state index is 0.0307. The van der Waals surface area contributed by atoms with Crippen LogP contribution in [0, 0.1) is 0 Å². The van der Waals surface area contributed by atoms with Gasteiger partial charge < -0.3 is 46.5 Å². The lowest BCUT2D eigenvalue weighted by Crippen LogP contribution is -2.74. The highest BCUT2D eigenvalue weighted by Gasteiger charge is 2.65. The Labute approximate surface area is 164 Å². The average Bonchev–Trinajstić information content (AvgIpc) is 2.93. The van der Waals surface area contributed by atoms with E-state index in [-0.39, 0.29) is 17.2 Å². The number of carboxylic acids is 1. The van der Waals surface area contributed by atoms with Crippen LogP contribution in [0.2, 0.25) is 0 Å². The van der Waals surface area contributed by atoms with Crippen molar-refractivity contribution in [1.29, 1.82) is 0 Å². The second-order valence-corrected chi connectivity index (χ2v) is 7.25. The summed E-state index contributed by atoms with van der Waals surface area (Å²) in [5.41, 5.74) is 4.24. The molecule has 160 valence electrons. The van der Waals surface area contributed by atoms with E-state index in [0.29, 0.717) is 5.56 Å². The molecule has 2 heterocycles. The number of nitrogens with one attached hydrogen (secondary N) is 1. The minimum Gasteiger partial charge on any atom is -0.508 e. The highest BCUT2D eigenvalue weighted by molar-refractivity contribution is 5.87. The first-order valence-electron chi connectivity index (χ1n) is 8.80. The minimum atomic E-state index is -2.21. The molecule has 1 amide bonds. The van der Waals surface area contributed by atoms with Crippen molar-refractivity contribution in [2.75, 3.05) is 6.61 Å². The van der Waals surface area contributed by atoms with E-state index in [4.69, 9.17) is 10.5 Å². The summed E-state index contributed by atoms with van der Waals surface area (Å²) in [7, 11) is 0. The number of fused-ring (bicyclic) bond motifs is 2. The first-order valence-corrected chi connectivity index (χ1v) is 8.80. The zero-order chi connectivity index (χ0) is 21.5. The Kier molecular flexibility index (Phi) is 5.78. The van der Waals surface area contributed by atoms with Gasteiger partial charge in [-0.05, 0) is 24.1 Å². The SMILES string of the molecule is N[C@@H](Cc1ccc(O)cc1)C(=O)NC(C(=O)O)[C@H]1[C@H](O)[C@]2(O)CO[C@@H]([C@@H]2O)N1O. The molecule has 2 saturated heterocycles. The van der Waals surface area contributed by atoms with Crippen LogP contribution in [-0.4, -0.2) is 96.4 Å². The van der Waals surface area contributed by atoms with Crippen LogP contribution >= 0.6 is 0 Å². The van der Waals surface area contributed by atoms with Crippen molar-refractivity contribution in [1.82, 2.24) is 10.4 Å². The first-order chi connectivity index (χ1) is 13.6. The Hall–Kier alpha value is -2.32. The monoisotopic (exact) mass is 413 g/mol. The number of carbonyl (C=O) groups is 2. The van der Waals surface area contributed by atoms with Crippen LogP contribution in [0.4, 0.5) is 0 Å². The van der Waals surface area contributed by atoms with Gasteiger partial charge in [0.15, 0.2) is 6.23 Å². The third kappa shape index (κ3) is 3.79. The third-order valence-electron chi connectivity index (χ3n) is 5.30. The number of phenolic OH excluding ortho intramolecular Hbond substituents is 1. The highest BCUT2D eigenvalue weighted by Crippen LogP contribution is 2.38. The lowest BCUT2D eigenvalue weighted by molar-refractivity contribution is -0.298. The molecular formula is C17H23N3O9. The summed E-state index contributed by atoms with van der Waals surface area (Å²) in [5, 5.41) is 62.4. The fourth-order valence-electron chi connectivity index (χ4n) is 3.60. The van der Waals surface area contributed by atoms with E-state index < -0.39 is 60.6 Å². The number of aliphatic hydroxyl groups is 3. The molecule has 0 aliphatic carbocycles. The van der Waals surface area contributed by atoms with Crippen LogP contribution in [0.1, 0.15) is 5.56 Å². The van der Waals surface area contributed by atoms with Gasteiger partial charge in [-0.3, -0.25) is 4.79 Å². The van der Waals surface area contributed by atoms with Crippen molar-refractivity contribution in [2.45, 2.75) is 48.6 Å². The molecule has 0 spiro atoms. The summed E-state index contributed by atoms with van der Waals surface area (Å²) in [6.45, 7) is -0.534. The molecule has 1 aromatic carbocycles. The largest absolute Gasteiger partial charge is 0.508 e. The molecule has 2 aliphatic heterocycles. The molecule has 3 rings (SSSR count). The molecule has 1 unspecified atom stereocenters. The maximum absolute atomic E-state index is 12.4. The first kappa shape index (κ1) is 21.4. The number of hydroxylamine groups is 2. The fourth-order valence-corrected chi connectivity index (χ4v) is 3.60. The lowest BCUT2D eigenvalue weighted by atomic mass is 9.81. The number of aromatic hydroxyl groups is 1. The van der Waals surface area contributed by atoms with Gasteiger partial charge in [0.25, 0.3) is 0 Å². The molecule has 2 fully saturated rings. The summed E-state index contributed by atoms with van der Waals surface area (Å²) in [4.78, 5) is 24.2. The number of aliphatic carboxylic acids is 1. The van der Waals surface area contributed by atoms with Gasteiger partial charge >= 0.3 is 5.97 Å². The Balaban J connectivity index is 1.75. The predicted molar refractivity (Wildman–Crippen MR) is 93.5 cm³/mol. The van der Waals surface area contributed by atoms with Crippen molar-refractivity contribution in [3.05, 3.63) is 29.8 Å². The van der Waals surface area contributed by atoms with E-state index in [1.165, 1.54) is 12.1 Å². The maximum atomic E-state index is 12.4.